The highest BCUT2D eigenvalue weighted by Gasteiger charge is 2.33. The van der Waals surface area contributed by atoms with Crippen molar-refractivity contribution in [2.24, 2.45) is 0 Å². The first-order valence-electron chi connectivity index (χ1n) is 9.63. The number of hydrogen-bond acceptors (Lipinski definition) is 4. The van der Waals surface area contributed by atoms with Gasteiger partial charge in [-0.2, -0.15) is 0 Å². The first-order chi connectivity index (χ1) is 13.1. The molecule has 0 unspecified atom stereocenters. The Labute approximate surface area is 159 Å². The van der Waals surface area contributed by atoms with Crippen LogP contribution in [0.5, 0.6) is 5.75 Å². The Morgan fingerprint density at radius 3 is 2.63 bits per heavy atom. The van der Waals surface area contributed by atoms with Crippen LogP contribution in [-0.4, -0.2) is 80.5 Å². The lowest BCUT2D eigenvalue weighted by Gasteiger charge is -2.32. The molecule has 0 aromatic heterocycles. The predicted octanol–water partition coefficient (Wildman–Crippen LogP) is -0.907. The van der Waals surface area contributed by atoms with Crippen LogP contribution in [0, 0.1) is 0 Å². The molecule has 8 nitrogen and oxygen atoms in total. The molecule has 2 fully saturated rings. The summed E-state index contributed by atoms with van der Waals surface area (Å²) in [6.07, 6.45) is 0.314. The van der Waals surface area contributed by atoms with Crippen molar-refractivity contribution in [3.8, 4) is 5.75 Å². The molecule has 2 aliphatic heterocycles. The van der Waals surface area contributed by atoms with E-state index in [-0.39, 0.29) is 24.6 Å². The minimum atomic E-state index is -0.181. The third-order valence-corrected chi connectivity index (χ3v) is 5.14. The van der Waals surface area contributed by atoms with Crippen LogP contribution in [0.15, 0.2) is 24.3 Å². The summed E-state index contributed by atoms with van der Waals surface area (Å²) in [6.45, 7) is 6.94. The van der Waals surface area contributed by atoms with Crippen LogP contribution in [0.2, 0.25) is 0 Å². The molecule has 27 heavy (non-hydrogen) atoms. The highest BCUT2D eigenvalue weighted by atomic mass is 16.5. The Balaban J connectivity index is 1.51. The molecule has 1 aromatic carbocycles. The second-order valence-corrected chi connectivity index (χ2v) is 6.99. The van der Waals surface area contributed by atoms with Gasteiger partial charge in [0, 0.05) is 18.7 Å². The van der Waals surface area contributed by atoms with Crippen molar-refractivity contribution in [1.29, 1.82) is 0 Å². The Kier molecular flexibility index (Phi) is 6.52. The molecule has 2 heterocycles. The fraction of sp³-hybridized carbons (Fsp3) is 0.579. The molecule has 0 aliphatic carbocycles. The molecule has 3 N–H and O–H groups in total. The molecular weight excluding hydrogens is 348 g/mol. The molecule has 0 saturated carbocycles. The highest BCUT2D eigenvalue weighted by molar-refractivity contribution is 5.96. The Bertz CT molecular complexity index is 644. The predicted molar refractivity (Wildman–Crippen MR) is 101 cm³/mol. The monoisotopic (exact) mass is 377 g/mol. The Morgan fingerprint density at radius 2 is 2.00 bits per heavy atom. The molecule has 2 saturated heterocycles. The molecule has 3 rings (SSSR count). The molecule has 1 atom stereocenters. The maximum absolute atomic E-state index is 12.5. The van der Waals surface area contributed by atoms with Crippen LogP contribution in [0.25, 0.3) is 0 Å². The molecule has 1 aromatic rings. The number of quaternary nitrogens is 1. The second kappa shape index (κ2) is 9.05. The van der Waals surface area contributed by atoms with E-state index in [2.05, 4.69) is 5.32 Å². The number of piperazine rings is 1. The smallest absolute Gasteiger partial charge is 0.318 e. The lowest BCUT2D eigenvalue weighted by Crippen LogP contribution is -3.15. The zero-order valence-electron chi connectivity index (χ0n) is 15.8. The fourth-order valence-electron chi connectivity index (χ4n) is 3.64. The zero-order chi connectivity index (χ0) is 19.2. The van der Waals surface area contributed by atoms with Crippen molar-refractivity contribution >= 4 is 17.6 Å². The van der Waals surface area contributed by atoms with E-state index in [1.165, 1.54) is 4.90 Å². The summed E-state index contributed by atoms with van der Waals surface area (Å²) in [6, 6.07) is 7.16. The normalized spacial score (nSPS) is 20.8. The Hall–Kier alpha value is -2.32. The van der Waals surface area contributed by atoms with Crippen LogP contribution in [0.4, 0.5) is 10.5 Å². The van der Waals surface area contributed by atoms with Gasteiger partial charge >= 0.3 is 6.03 Å². The molecule has 148 valence electrons. The minimum Gasteiger partial charge on any atom is -0.494 e. The van der Waals surface area contributed by atoms with Crippen molar-refractivity contribution in [2.45, 2.75) is 19.4 Å². The molecule has 8 heteroatoms. The largest absolute Gasteiger partial charge is 0.494 e. The number of ether oxygens (including phenoxy) is 1. The SMILES string of the molecule is CCOc1ccc(N2C[C@@H](NC(=O)N3CC[NH+](CCO)CC3)CC2=O)cc1. The van der Waals surface area contributed by atoms with Gasteiger partial charge in [0.05, 0.1) is 45.4 Å². The number of aliphatic hydroxyl groups is 1. The highest BCUT2D eigenvalue weighted by Crippen LogP contribution is 2.24. The number of benzene rings is 1. The topological polar surface area (TPSA) is 86.6 Å². The van der Waals surface area contributed by atoms with Crippen molar-refractivity contribution in [3.63, 3.8) is 0 Å². The lowest BCUT2D eigenvalue weighted by atomic mass is 10.2. The number of urea groups is 1. The Morgan fingerprint density at radius 1 is 1.30 bits per heavy atom. The van der Waals surface area contributed by atoms with Crippen molar-refractivity contribution in [3.05, 3.63) is 24.3 Å². The molecule has 3 amide bonds. The first-order valence-corrected chi connectivity index (χ1v) is 9.63. The van der Waals surface area contributed by atoms with Crippen molar-refractivity contribution in [1.82, 2.24) is 10.2 Å². The van der Waals surface area contributed by atoms with Crippen LogP contribution >= 0.6 is 0 Å². The number of nitrogens with one attached hydrogen (secondary N) is 2. The van der Waals surface area contributed by atoms with Gasteiger partial charge in [0.2, 0.25) is 5.91 Å². The number of nitrogens with zero attached hydrogens (tertiary/aromatic N) is 2. The van der Waals surface area contributed by atoms with Crippen LogP contribution in [0.1, 0.15) is 13.3 Å². The van der Waals surface area contributed by atoms with Gasteiger partial charge in [-0.1, -0.05) is 0 Å². The quantitative estimate of drug-likeness (QED) is 0.599. The van der Waals surface area contributed by atoms with Crippen LogP contribution in [0.3, 0.4) is 0 Å². The van der Waals surface area contributed by atoms with E-state index < -0.39 is 0 Å². The minimum absolute atomic E-state index is 0.0154. The number of aliphatic hydroxyl groups excluding tert-OH is 1. The van der Waals surface area contributed by atoms with Gasteiger partial charge < -0.3 is 29.9 Å². The third-order valence-electron chi connectivity index (χ3n) is 5.14. The molecule has 0 radical (unpaired) electrons. The first kappa shape index (κ1) is 19.4. The summed E-state index contributed by atoms with van der Waals surface area (Å²) in [7, 11) is 0. The number of amides is 3. The number of carbonyl (C=O) groups excluding carboxylic acids is 2. The maximum atomic E-state index is 12.5. The molecule has 2 aliphatic rings. The molecule has 0 bridgehead atoms. The maximum Gasteiger partial charge on any atom is 0.318 e. The van der Waals surface area contributed by atoms with Gasteiger partial charge in [0.15, 0.2) is 0 Å². The van der Waals surface area contributed by atoms with Gasteiger partial charge in [-0.05, 0) is 31.2 Å². The average molecular weight is 377 g/mol. The average Bonchev–Trinajstić information content (AvgIpc) is 3.03. The standard InChI is InChI=1S/C19H28N4O4/c1-2-27-17-5-3-16(4-6-17)23-14-15(13-18(23)25)20-19(26)22-9-7-21(8-10-22)11-12-24/h3-6,15,24H,2,7-14H2,1H3,(H,20,26)/p+1/t15-/m0/s1. The van der Waals surface area contributed by atoms with Gasteiger partial charge in [-0.3, -0.25) is 4.79 Å². The number of hydrogen-bond donors (Lipinski definition) is 3. The second-order valence-electron chi connectivity index (χ2n) is 6.99. The van der Waals surface area contributed by atoms with Crippen molar-refractivity contribution < 1.29 is 24.3 Å². The van der Waals surface area contributed by atoms with Gasteiger partial charge in [0.25, 0.3) is 0 Å². The van der Waals surface area contributed by atoms with Crippen LogP contribution < -0.4 is 19.9 Å². The summed E-state index contributed by atoms with van der Waals surface area (Å²) >= 11 is 0. The van der Waals surface area contributed by atoms with E-state index in [1.54, 1.807) is 9.80 Å². The molecule has 0 spiro atoms. The van der Waals surface area contributed by atoms with E-state index in [0.717, 1.165) is 31.1 Å². The fourth-order valence-corrected chi connectivity index (χ4v) is 3.64. The van der Waals surface area contributed by atoms with E-state index in [0.29, 0.717) is 32.7 Å². The van der Waals surface area contributed by atoms with E-state index in [9.17, 15) is 9.59 Å². The number of rotatable bonds is 6. The third kappa shape index (κ3) is 4.90. The number of anilines is 1. The molecular formula is C19H29N4O4+. The summed E-state index contributed by atoms with van der Waals surface area (Å²) in [5, 5.41) is 12.0. The van der Waals surface area contributed by atoms with E-state index >= 15 is 0 Å². The van der Waals surface area contributed by atoms with E-state index in [4.69, 9.17) is 9.84 Å². The zero-order valence-corrected chi connectivity index (χ0v) is 15.8. The lowest BCUT2D eigenvalue weighted by molar-refractivity contribution is -0.904. The van der Waals surface area contributed by atoms with Crippen molar-refractivity contribution in [2.75, 3.05) is 57.4 Å². The van der Waals surface area contributed by atoms with Gasteiger partial charge in [-0.15, -0.1) is 0 Å². The summed E-state index contributed by atoms with van der Waals surface area (Å²) in [5.41, 5.74) is 0.821. The van der Waals surface area contributed by atoms with Gasteiger partial charge in [-0.25, -0.2) is 4.79 Å². The summed E-state index contributed by atoms with van der Waals surface area (Å²) < 4.78 is 5.43. The van der Waals surface area contributed by atoms with E-state index in [1.807, 2.05) is 31.2 Å². The summed E-state index contributed by atoms with van der Waals surface area (Å²) in [4.78, 5) is 29.7. The number of carbonyl (C=O) groups is 2. The van der Waals surface area contributed by atoms with Crippen LogP contribution in [-0.2, 0) is 4.79 Å². The van der Waals surface area contributed by atoms with Gasteiger partial charge in [0.1, 0.15) is 12.3 Å². The summed E-state index contributed by atoms with van der Waals surface area (Å²) in [5.74, 6) is 0.793.